The van der Waals surface area contributed by atoms with Gasteiger partial charge in [0.15, 0.2) is 0 Å². The first-order chi connectivity index (χ1) is 9.60. The van der Waals surface area contributed by atoms with Crippen molar-refractivity contribution in [3.05, 3.63) is 17.0 Å². The molecule has 0 aliphatic carbocycles. The van der Waals surface area contributed by atoms with Gasteiger partial charge in [0, 0.05) is 13.7 Å². The van der Waals surface area contributed by atoms with Crippen LogP contribution in [0.1, 0.15) is 30.1 Å². The number of ether oxygens (including phenoxy) is 2. The van der Waals surface area contributed by atoms with Crippen molar-refractivity contribution in [3.63, 3.8) is 0 Å². The molecule has 7 heteroatoms. The summed E-state index contributed by atoms with van der Waals surface area (Å²) in [5.74, 6) is -0.758. The first kappa shape index (κ1) is 16.6. The number of carbonyl (C=O) groups excluding carboxylic acids is 2. The SMILES string of the molecule is CCOC(=O)c1ccsc1NC(=O)C(N)CCCOC. The number of nitrogens with two attached hydrogens (primary N) is 1. The number of thiophene rings is 1. The molecule has 0 fully saturated rings. The third kappa shape index (κ3) is 4.92. The smallest absolute Gasteiger partial charge is 0.341 e. The van der Waals surface area contributed by atoms with E-state index in [-0.39, 0.29) is 5.91 Å². The Kier molecular flexibility index (Phi) is 7.21. The van der Waals surface area contributed by atoms with Crippen molar-refractivity contribution >= 4 is 28.2 Å². The van der Waals surface area contributed by atoms with Crippen LogP contribution in [-0.4, -0.2) is 38.2 Å². The Hall–Kier alpha value is -1.44. The summed E-state index contributed by atoms with van der Waals surface area (Å²) < 4.78 is 9.83. The van der Waals surface area contributed by atoms with E-state index in [0.717, 1.165) is 0 Å². The largest absolute Gasteiger partial charge is 0.462 e. The van der Waals surface area contributed by atoms with Crippen molar-refractivity contribution < 1.29 is 19.1 Å². The zero-order valence-corrected chi connectivity index (χ0v) is 12.5. The van der Waals surface area contributed by atoms with E-state index < -0.39 is 12.0 Å². The lowest BCUT2D eigenvalue weighted by Crippen LogP contribution is -2.35. The molecule has 0 saturated carbocycles. The van der Waals surface area contributed by atoms with Gasteiger partial charge in [0.05, 0.1) is 18.2 Å². The second-order valence-corrected chi connectivity index (χ2v) is 5.03. The second kappa shape index (κ2) is 8.68. The molecule has 1 heterocycles. The maximum atomic E-state index is 11.9. The molecule has 0 spiro atoms. The van der Waals surface area contributed by atoms with Crippen molar-refractivity contribution in [1.29, 1.82) is 0 Å². The van der Waals surface area contributed by atoms with Crippen LogP contribution in [0.2, 0.25) is 0 Å². The molecule has 1 aromatic heterocycles. The molecule has 3 N–H and O–H groups in total. The van der Waals surface area contributed by atoms with Crippen LogP contribution in [0.15, 0.2) is 11.4 Å². The summed E-state index contributed by atoms with van der Waals surface area (Å²) in [7, 11) is 1.60. The van der Waals surface area contributed by atoms with Crippen molar-refractivity contribution in [2.24, 2.45) is 5.73 Å². The average molecular weight is 300 g/mol. The van der Waals surface area contributed by atoms with Crippen LogP contribution in [0, 0.1) is 0 Å². The first-order valence-corrected chi connectivity index (χ1v) is 7.28. The summed E-state index contributed by atoms with van der Waals surface area (Å²) in [5.41, 5.74) is 6.14. The highest BCUT2D eigenvalue weighted by atomic mass is 32.1. The monoisotopic (exact) mass is 300 g/mol. The number of anilines is 1. The van der Waals surface area contributed by atoms with E-state index in [2.05, 4.69) is 5.32 Å². The molecule has 1 atom stereocenters. The van der Waals surface area contributed by atoms with Crippen LogP contribution in [-0.2, 0) is 14.3 Å². The van der Waals surface area contributed by atoms with Crippen LogP contribution in [0.4, 0.5) is 5.00 Å². The minimum absolute atomic E-state index is 0.290. The summed E-state index contributed by atoms with van der Waals surface area (Å²) in [4.78, 5) is 23.6. The molecule has 1 amide bonds. The molecular weight excluding hydrogens is 280 g/mol. The fourth-order valence-corrected chi connectivity index (χ4v) is 2.34. The third-order valence-electron chi connectivity index (χ3n) is 2.60. The number of carbonyl (C=O) groups is 2. The number of hydrogen-bond acceptors (Lipinski definition) is 6. The normalized spacial score (nSPS) is 11.9. The zero-order chi connectivity index (χ0) is 15.0. The molecule has 1 rings (SSSR count). The van der Waals surface area contributed by atoms with Crippen LogP contribution in [0.25, 0.3) is 0 Å². The van der Waals surface area contributed by atoms with Gasteiger partial charge in [-0.25, -0.2) is 4.79 Å². The van der Waals surface area contributed by atoms with Crippen molar-refractivity contribution in [2.45, 2.75) is 25.8 Å². The maximum Gasteiger partial charge on any atom is 0.341 e. The van der Waals surface area contributed by atoms with Gasteiger partial charge in [-0.1, -0.05) is 0 Å². The van der Waals surface area contributed by atoms with E-state index in [1.807, 2.05) is 0 Å². The van der Waals surface area contributed by atoms with Crippen molar-refractivity contribution in [3.8, 4) is 0 Å². The Morgan fingerprint density at radius 1 is 1.50 bits per heavy atom. The Balaban J connectivity index is 2.57. The highest BCUT2D eigenvalue weighted by molar-refractivity contribution is 7.14. The van der Waals surface area contributed by atoms with Gasteiger partial charge >= 0.3 is 5.97 Å². The van der Waals surface area contributed by atoms with Gasteiger partial charge in [0.25, 0.3) is 0 Å². The molecule has 1 unspecified atom stereocenters. The molecule has 0 radical (unpaired) electrons. The molecule has 0 aliphatic rings. The molecule has 112 valence electrons. The molecule has 1 aromatic rings. The fraction of sp³-hybridized carbons (Fsp3) is 0.538. The van der Waals surface area contributed by atoms with Crippen LogP contribution in [0.3, 0.4) is 0 Å². The second-order valence-electron chi connectivity index (χ2n) is 4.11. The average Bonchev–Trinajstić information content (AvgIpc) is 2.87. The van der Waals surface area contributed by atoms with Crippen molar-refractivity contribution in [1.82, 2.24) is 0 Å². The van der Waals surface area contributed by atoms with Gasteiger partial charge in [-0.15, -0.1) is 11.3 Å². The summed E-state index contributed by atoms with van der Waals surface area (Å²) in [5, 5.41) is 4.86. The number of methoxy groups -OCH3 is 1. The van der Waals surface area contributed by atoms with Gasteiger partial charge in [-0.2, -0.15) is 0 Å². The molecule has 0 aliphatic heterocycles. The van der Waals surface area contributed by atoms with Crippen LogP contribution in [0.5, 0.6) is 0 Å². The Bertz CT molecular complexity index is 447. The Labute approximate surface area is 122 Å². The topological polar surface area (TPSA) is 90.7 Å². The number of rotatable bonds is 8. The highest BCUT2D eigenvalue weighted by Gasteiger charge is 2.19. The Morgan fingerprint density at radius 3 is 2.90 bits per heavy atom. The van der Waals surface area contributed by atoms with E-state index in [4.69, 9.17) is 15.2 Å². The minimum Gasteiger partial charge on any atom is -0.462 e. The van der Waals surface area contributed by atoms with Gasteiger partial charge in [0.1, 0.15) is 5.00 Å². The number of nitrogens with one attached hydrogen (secondary N) is 1. The molecule has 20 heavy (non-hydrogen) atoms. The van der Waals surface area contributed by atoms with Gasteiger partial charge in [-0.3, -0.25) is 4.79 Å². The summed E-state index contributed by atoms with van der Waals surface area (Å²) in [6.45, 7) is 2.58. The lowest BCUT2D eigenvalue weighted by Gasteiger charge is -2.12. The maximum absolute atomic E-state index is 11.9. The summed E-state index contributed by atoms with van der Waals surface area (Å²) in [6.07, 6.45) is 1.24. The quantitative estimate of drug-likeness (QED) is 0.562. The lowest BCUT2D eigenvalue weighted by atomic mass is 10.1. The lowest BCUT2D eigenvalue weighted by molar-refractivity contribution is -0.117. The van der Waals surface area contributed by atoms with E-state index >= 15 is 0 Å². The molecule has 6 nitrogen and oxygen atoms in total. The highest BCUT2D eigenvalue weighted by Crippen LogP contribution is 2.24. The third-order valence-corrected chi connectivity index (χ3v) is 3.43. The van der Waals surface area contributed by atoms with Crippen LogP contribution >= 0.6 is 11.3 Å². The standard InChI is InChI=1S/C13H20N2O4S/c1-3-19-13(17)9-6-8-20-12(9)15-11(16)10(14)5-4-7-18-2/h6,8,10H,3-5,7,14H2,1-2H3,(H,15,16). The number of hydrogen-bond donors (Lipinski definition) is 2. The minimum atomic E-state index is -0.623. The van der Waals surface area contributed by atoms with E-state index in [1.54, 1.807) is 25.5 Å². The molecule has 0 saturated heterocycles. The summed E-state index contributed by atoms with van der Waals surface area (Å²) in [6, 6.07) is 0.997. The first-order valence-electron chi connectivity index (χ1n) is 6.40. The van der Waals surface area contributed by atoms with Gasteiger partial charge < -0.3 is 20.5 Å². The van der Waals surface area contributed by atoms with E-state index in [0.29, 0.717) is 36.6 Å². The van der Waals surface area contributed by atoms with Crippen molar-refractivity contribution in [2.75, 3.05) is 25.6 Å². The summed E-state index contributed by atoms with van der Waals surface area (Å²) >= 11 is 1.26. The van der Waals surface area contributed by atoms with E-state index in [9.17, 15) is 9.59 Å². The number of esters is 1. The Morgan fingerprint density at radius 2 is 2.25 bits per heavy atom. The predicted molar refractivity (Wildman–Crippen MR) is 78.0 cm³/mol. The van der Waals surface area contributed by atoms with Gasteiger partial charge in [0.2, 0.25) is 5.91 Å². The van der Waals surface area contributed by atoms with E-state index in [1.165, 1.54) is 11.3 Å². The molecular formula is C13H20N2O4S. The van der Waals surface area contributed by atoms with Crippen LogP contribution < -0.4 is 11.1 Å². The molecule has 0 aromatic carbocycles. The predicted octanol–water partition coefficient (Wildman–Crippen LogP) is 1.62. The number of amides is 1. The fourth-order valence-electron chi connectivity index (χ4n) is 1.56. The zero-order valence-electron chi connectivity index (χ0n) is 11.7. The van der Waals surface area contributed by atoms with Gasteiger partial charge in [-0.05, 0) is 31.2 Å². The molecule has 0 bridgehead atoms.